The molecule has 15 heavy (non-hydrogen) atoms. The van der Waals surface area contributed by atoms with Crippen molar-refractivity contribution in [1.29, 1.82) is 0 Å². The van der Waals surface area contributed by atoms with Gasteiger partial charge in [-0.3, -0.25) is 9.78 Å². The molecule has 0 aromatic carbocycles. The number of pyridine rings is 1. The fourth-order valence-electron chi connectivity index (χ4n) is 1.37. The number of rotatable bonds is 4. The standard InChI is InChI=1S/C10H13N3O2/c11-10(14)8-5-12-2-1-9(8)15-6-7-3-13-4-7/h1-2,5,7,13H,3-4,6H2,(H2,11,14). The number of aromatic nitrogens is 1. The number of primary amides is 1. The van der Waals surface area contributed by atoms with Crippen LogP contribution in [0.2, 0.25) is 0 Å². The zero-order valence-corrected chi connectivity index (χ0v) is 8.27. The zero-order chi connectivity index (χ0) is 10.7. The quantitative estimate of drug-likeness (QED) is 0.715. The molecule has 1 saturated heterocycles. The summed E-state index contributed by atoms with van der Waals surface area (Å²) in [6, 6.07) is 1.66. The van der Waals surface area contributed by atoms with Crippen LogP contribution in [0.25, 0.3) is 0 Å². The number of ether oxygens (including phenoxy) is 1. The summed E-state index contributed by atoms with van der Waals surface area (Å²) >= 11 is 0. The number of hydrogen-bond acceptors (Lipinski definition) is 4. The third kappa shape index (κ3) is 2.24. The fourth-order valence-corrected chi connectivity index (χ4v) is 1.37. The van der Waals surface area contributed by atoms with Crippen LogP contribution in [0.3, 0.4) is 0 Å². The second-order valence-corrected chi connectivity index (χ2v) is 3.57. The van der Waals surface area contributed by atoms with E-state index in [9.17, 15) is 4.79 Å². The van der Waals surface area contributed by atoms with Crippen molar-refractivity contribution in [3.05, 3.63) is 24.0 Å². The van der Waals surface area contributed by atoms with Gasteiger partial charge in [-0.25, -0.2) is 0 Å². The molecule has 1 aliphatic rings. The van der Waals surface area contributed by atoms with Crippen molar-refractivity contribution in [2.45, 2.75) is 0 Å². The van der Waals surface area contributed by atoms with E-state index in [2.05, 4.69) is 10.3 Å². The molecule has 1 aliphatic heterocycles. The smallest absolute Gasteiger partial charge is 0.254 e. The Hall–Kier alpha value is -1.62. The second-order valence-electron chi connectivity index (χ2n) is 3.57. The molecule has 3 N–H and O–H groups in total. The van der Waals surface area contributed by atoms with E-state index in [1.54, 1.807) is 12.3 Å². The van der Waals surface area contributed by atoms with Gasteiger partial charge in [0.05, 0.1) is 12.2 Å². The minimum Gasteiger partial charge on any atom is -0.492 e. The molecule has 0 radical (unpaired) electrons. The molecular formula is C10H13N3O2. The molecule has 2 heterocycles. The van der Waals surface area contributed by atoms with Gasteiger partial charge in [0.25, 0.3) is 5.91 Å². The molecular weight excluding hydrogens is 194 g/mol. The SMILES string of the molecule is NC(=O)c1cnccc1OCC1CNC1. The number of nitrogens with one attached hydrogen (secondary N) is 1. The van der Waals surface area contributed by atoms with Gasteiger partial charge in [0.1, 0.15) is 5.75 Å². The van der Waals surface area contributed by atoms with E-state index >= 15 is 0 Å². The highest BCUT2D eigenvalue weighted by atomic mass is 16.5. The molecule has 2 rings (SSSR count). The lowest BCUT2D eigenvalue weighted by Gasteiger charge is -2.27. The van der Waals surface area contributed by atoms with Gasteiger partial charge in [0, 0.05) is 31.4 Å². The lowest BCUT2D eigenvalue weighted by atomic mass is 10.1. The largest absolute Gasteiger partial charge is 0.492 e. The number of nitrogens with zero attached hydrogens (tertiary/aromatic N) is 1. The summed E-state index contributed by atoms with van der Waals surface area (Å²) in [6.07, 6.45) is 3.01. The van der Waals surface area contributed by atoms with Crippen molar-refractivity contribution in [2.75, 3.05) is 19.7 Å². The van der Waals surface area contributed by atoms with Gasteiger partial charge >= 0.3 is 0 Å². The Morgan fingerprint density at radius 2 is 2.47 bits per heavy atom. The highest BCUT2D eigenvalue weighted by Gasteiger charge is 2.18. The van der Waals surface area contributed by atoms with Crippen molar-refractivity contribution < 1.29 is 9.53 Å². The molecule has 5 heteroatoms. The number of amides is 1. The molecule has 0 unspecified atom stereocenters. The Bertz CT molecular complexity index is 363. The first-order valence-corrected chi connectivity index (χ1v) is 4.84. The van der Waals surface area contributed by atoms with Crippen LogP contribution in [0.1, 0.15) is 10.4 Å². The number of carbonyl (C=O) groups excluding carboxylic acids is 1. The number of nitrogens with two attached hydrogens (primary N) is 1. The van der Waals surface area contributed by atoms with Crippen molar-refractivity contribution in [2.24, 2.45) is 11.7 Å². The Kier molecular flexibility index (Phi) is 2.82. The van der Waals surface area contributed by atoms with Crippen molar-refractivity contribution >= 4 is 5.91 Å². The van der Waals surface area contributed by atoms with Gasteiger partial charge < -0.3 is 15.8 Å². The summed E-state index contributed by atoms with van der Waals surface area (Å²) in [5.41, 5.74) is 5.53. The van der Waals surface area contributed by atoms with E-state index in [-0.39, 0.29) is 0 Å². The van der Waals surface area contributed by atoms with E-state index in [0.717, 1.165) is 13.1 Å². The average Bonchev–Trinajstić information content (AvgIpc) is 2.16. The summed E-state index contributed by atoms with van der Waals surface area (Å²) < 4.78 is 5.52. The average molecular weight is 207 g/mol. The molecule has 0 bridgehead atoms. The van der Waals surface area contributed by atoms with Crippen LogP contribution in [0.4, 0.5) is 0 Å². The lowest BCUT2D eigenvalue weighted by molar-refractivity contribution is 0.0993. The maximum absolute atomic E-state index is 11.0. The van der Waals surface area contributed by atoms with Crippen LogP contribution in [0, 0.1) is 5.92 Å². The topological polar surface area (TPSA) is 77.2 Å². The van der Waals surface area contributed by atoms with Crippen LogP contribution in [0.5, 0.6) is 5.75 Å². The Morgan fingerprint density at radius 1 is 1.67 bits per heavy atom. The number of carbonyl (C=O) groups is 1. The summed E-state index contributed by atoms with van der Waals surface area (Å²) in [5.74, 6) is 0.535. The van der Waals surface area contributed by atoms with E-state index in [4.69, 9.17) is 10.5 Å². The molecule has 0 saturated carbocycles. The molecule has 0 spiro atoms. The first kappa shape index (κ1) is 9.92. The molecule has 5 nitrogen and oxygen atoms in total. The minimum absolute atomic E-state index is 0.338. The first-order chi connectivity index (χ1) is 7.27. The van der Waals surface area contributed by atoms with E-state index in [0.29, 0.717) is 23.8 Å². The van der Waals surface area contributed by atoms with Gasteiger partial charge in [-0.1, -0.05) is 0 Å². The van der Waals surface area contributed by atoms with Crippen LogP contribution < -0.4 is 15.8 Å². The van der Waals surface area contributed by atoms with Crippen LogP contribution in [-0.4, -0.2) is 30.6 Å². The van der Waals surface area contributed by atoms with E-state index in [1.807, 2.05) is 0 Å². The molecule has 1 aromatic rings. The normalized spacial score (nSPS) is 15.7. The maximum atomic E-state index is 11.0. The second kappa shape index (κ2) is 4.27. The minimum atomic E-state index is -0.509. The van der Waals surface area contributed by atoms with Gasteiger partial charge in [-0.15, -0.1) is 0 Å². The Labute approximate surface area is 87.6 Å². The van der Waals surface area contributed by atoms with Gasteiger partial charge in [0.15, 0.2) is 0 Å². The molecule has 0 atom stereocenters. The number of hydrogen-bond donors (Lipinski definition) is 2. The molecule has 80 valence electrons. The fraction of sp³-hybridized carbons (Fsp3) is 0.400. The third-order valence-electron chi connectivity index (χ3n) is 2.39. The van der Waals surface area contributed by atoms with Crippen LogP contribution in [0.15, 0.2) is 18.5 Å². The predicted octanol–water partition coefficient (Wildman–Crippen LogP) is -0.221. The highest BCUT2D eigenvalue weighted by Crippen LogP contribution is 2.17. The summed E-state index contributed by atoms with van der Waals surface area (Å²) in [6.45, 7) is 2.55. The van der Waals surface area contributed by atoms with Crippen molar-refractivity contribution in [3.63, 3.8) is 0 Å². The monoisotopic (exact) mass is 207 g/mol. The van der Waals surface area contributed by atoms with Gasteiger partial charge in [-0.05, 0) is 6.07 Å². The predicted molar refractivity (Wildman–Crippen MR) is 54.6 cm³/mol. The summed E-state index contributed by atoms with van der Waals surface area (Å²) in [4.78, 5) is 14.9. The molecule has 0 aliphatic carbocycles. The molecule has 1 fully saturated rings. The van der Waals surface area contributed by atoms with E-state index in [1.165, 1.54) is 6.20 Å². The highest BCUT2D eigenvalue weighted by molar-refractivity contribution is 5.95. The Balaban J connectivity index is 2.02. The van der Waals surface area contributed by atoms with Crippen molar-refractivity contribution in [3.8, 4) is 5.75 Å². The van der Waals surface area contributed by atoms with Crippen LogP contribution in [-0.2, 0) is 0 Å². The Morgan fingerprint density at radius 3 is 3.07 bits per heavy atom. The van der Waals surface area contributed by atoms with Crippen molar-refractivity contribution in [1.82, 2.24) is 10.3 Å². The van der Waals surface area contributed by atoms with Gasteiger partial charge in [0.2, 0.25) is 0 Å². The van der Waals surface area contributed by atoms with Crippen LogP contribution >= 0.6 is 0 Å². The molecule has 1 amide bonds. The summed E-state index contributed by atoms with van der Waals surface area (Å²) in [5, 5.41) is 3.15. The first-order valence-electron chi connectivity index (χ1n) is 4.84. The zero-order valence-electron chi connectivity index (χ0n) is 8.27. The maximum Gasteiger partial charge on any atom is 0.254 e. The van der Waals surface area contributed by atoms with E-state index < -0.39 is 5.91 Å². The lowest BCUT2D eigenvalue weighted by Crippen LogP contribution is -2.45. The third-order valence-corrected chi connectivity index (χ3v) is 2.39. The van der Waals surface area contributed by atoms with Gasteiger partial charge in [-0.2, -0.15) is 0 Å². The summed E-state index contributed by atoms with van der Waals surface area (Å²) in [7, 11) is 0. The molecule has 1 aromatic heterocycles.